The number of benzene rings is 1. The van der Waals surface area contributed by atoms with Gasteiger partial charge < -0.3 is 10.4 Å². The molecular weight excluding hydrogens is 286 g/mol. The summed E-state index contributed by atoms with van der Waals surface area (Å²) in [5, 5.41) is 11.3. The average Bonchev–Trinajstić information content (AvgIpc) is 2.47. The Kier molecular flexibility index (Phi) is 8.28. The van der Waals surface area contributed by atoms with Crippen molar-refractivity contribution in [2.75, 3.05) is 18.1 Å². The van der Waals surface area contributed by atoms with Gasteiger partial charge in [0.1, 0.15) is 0 Å². The second-order valence-corrected chi connectivity index (χ2v) is 5.72. The minimum atomic E-state index is -0.863. The van der Waals surface area contributed by atoms with Crippen molar-refractivity contribution in [3.8, 4) is 0 Å². The third-order valence-electron chi connectivity index (χ3n) is 2.82. The zero-order chi connectivity index (χ0) is 15.5. The first-order chi connectivity index (χ1) is 10.1. The lowest BCUT2D eigenvalue weighted by Gasteiger charge is -2.07. The van der Waals surface area contributed by atoms with Crippen LogP contribution in [-0.2, 0) is 9.59 Å². The summed E-state index contributed by atoms with van der Waals surface area (Å²) >= 11 is 1.72. The van der Waals surface area contributed by atoms with Crippen LogP contribution >= 0.6 is 11.8 Å². The van der Waals surface area contributed by atoms with Crippen LogP contribution in [0.3, 0.4) is 0 Å². The molecule has 5 heteroatoms. The summed E-state index contributed by atoms with van der Waals surface area (Å²) in [6.45, 7) is 4.65. The maximum absolute atomic E-state index is 11.4. The maximum atomic E-state index is 11.4. The third kappa shape index (κ3) is 8.19. The first kappa shape index (κ1) is 17.3. The summed E-state index contributed by atoms with van der Waals surface area (Å²) in [6, 6.07) is 10.0. The molecule has 0 aliphatic heterocycles. The summed E-state index contributed by atoms with van der Waals surface area (Å²) in [5.41, 5.74) is 2.22. The monoisotopic (exact) mass is 307 g/mol. The van der Waals surface area contributed by atoms with Crippen LogP contribution in [0.15, 0.2) is 36.9 Å². The van der Waals surface area contributed by atoms with Crippen molar-refractivity contribution < 1.29 is 14.7 Å². The molecule has 1 rings (SSSR count). The minimum absolute atomic E-state index is 0.0407. The maximum Gasteiger partial charge on any atom is 0.303 e. The smallest absolute Gasteiger partial charge is 0.303 e. The van der Waals surface area contributed by atoms with E-state index < -0.39 is 5.97 Å². The Bertz CT molecular complexity index is 474. The molecule has 0 atom stereocenters. The molecular formula is C16H21NO3S. The predicted molar refractivity (Wildman–Crippen MR) is 87.3 cm³/mol. The van der Waals surface area contributed by atoms with E-state index in [2.05, 4.69) is 11.9 Å². The van der Waals surface area contributed by atoms with Gasteiger partial charge in [-0.3, -0.25) is 9.59 Å². The first-order valence-corrected chi connectivity index (χ1v) is 8.04. The number of thioether (sulfide) groups is 1. The lowest BCUT2D eigenvalue weighted by molar-refractivity contribution is -0.137. The highest BCUT2D eigenvalue weighted by Crippen LogP contribution is 2.16. The van der Waals surface area contributed by atoms with E-state index in [1.54, 1.807) is 11.8 Å². The highest BCUT2D eigenvalue weighted by molar-refractivity contribution is 7.99. The molecule has 0 unspecified atom stereocenters. The molecule has 0 aromatic heterocycles. The highest BCUT2D eigenvalue weighted by Gasteiger charge is 2.03. The van der Waals surface area contributed by atoms with Gasteiger partial charge in [-0.05, 0) is 17.6 Å². The standard InChI is InChI=1S/C16H21NO3S/c1-13(14-6-3-2-4-7-14)12-21-11-10-17-15(18)8-5-9-16(19)20/h2-4,6-7H,1,5,8-12H2,(H,17,18)(H,19,20). The molecule has 0 radical (unpaired) electrons. The van der Waals surface area contributed by atoms with Gasteiger partial charge in [0.15, 0.2) is 0 Å². The van der Waals surface area contributed by atoms with E-state index in [4.69, 9.17) is 5.11 Å². The number of carboxylic acid groups (broad SMARTS) is 1. The number of rotatable bonds is 10. The van der Waals surface area contributed by atoms with Crippen molar-refractivity contribution in [3.05, 3.63) is 42.5 Å². The van der Waals surface area contributed by atoms with Gasteiger partial charge in [-0.15, -0.1) is 0 Å². The molecule has 0 saturated heterocycles. The van der Waals surface area contributed by atoms with Gasteiger partial charge in [0.05, 0.1) is 0 Å². The molecule has 0 spiro atoms. The van der Waals surface area contributed by atoms with Crippen molar-refractivity contribution in [2.24, 2.45) is 0 Å². The second kappa shape index (κ2) is 10.0. The Morgan fingerprint density at radius 2 is 1.90 bits per heavy atom. The van der Waals surface area contributed by atoms with E-state index in [1.165, 1.54) is 0 Å². The summed E-state index contributed by atoms with van der Waals surface area (Å²) in [4.78, 5) is 21.7. The van der Waals surface area contributed by atoms with E-state index in [-0.39, 0.29) is 18.7 Å². The number of hydrogen-bond acceptors (Lipinski definition) is 3. The SMILES string of the molecule is C=C(CSCCNC(=O)CCCC(=O)O)c1ccccc1. The molecule has 0 heterocycles. The molecule has 0 fully saturated rings. The minimum Gasteiger partial charge on any atom is -0.481 e. The fraction of sp³-hybridized carbons (Fsp3) is 0.375. The van der Waals surface area contributed by atoms with Crippen LogP contribution < -0.4 is 5.32 Å². The quantitative estimate of drug-likeness (QED) is 0.652. The van der Waals surface area contributed by atoms with E-state index in [9.17, 15) is 9.59 Å². The van der Waals surface area contributed by atoms with Crippen LogP contribution in [0.2, 0.25) is 0 Å². The van der Waals surface area contributed by atoms with Crippen LogP contribution in [0.5, 0.6) is 0 Å². The van der Waals surface area contributed by atoms with Crippen LogP contribution in [0.4, 0.5) is 0 Å². The number of amides is 1. The number of nitrogens with one attached hydrogen (secondary N) is 1. The zero-order valence-corrected chi connectivity index (χ0v) is 12.8. The van der Waals surface area contributed by atoms with Crippen molar-refractivity contribution >= 4 is 29.2 Å². The lowest BCUT2D eigenvalue weighted by atomic mass is 10.1. The first-order valence-electron chi connectivity index (χ1n) is 6.89. The third-order valence-corrected chi connectivity index (χ3v) is 3.87. The molecule has 2 N–H and O–H groups in total. The van der Waals surface area contributed by atoms with Crippen LogP contribution in [0, 0.1) is 0 Å². The summed E-state index contributed by atoms with van der Waals surface area (Å²) in [6.07, 6.45) is 0.700. The summed E-state index contributed by atoms with van der Waals surface area (Å²) < 4.78 is 0. The molecule has 1 aromatic rings. The summed E-state index contributed by atoms with van der Waals surface area (Å²) in [5.74, 6) is 0.701. The number of carbonyl (C=O) groups excluding carboxylic acids is 1. The van der Waals surface area contributed by atoms with E-state index >= 15 is 0 Å². The topological polar surface area (TPSA) is 66.4 Å². The van der Waals surface area contributed by atoms with E-state index in [0.29, 0.717) is 13.0 Å². The molecule has 0 aliphatic carbocycles. The van der Waals surface area contributed by atoms with Gasteiger partial charge >= 0.3 is 5.97 Å². The molecule has 21 heavy (non-hydrogen) atoms. The number of hydrogen-bond donors (Lipinski definition) is 2. The number of carbonyl (C=O) groups is 2. The normalized spacial score (nSPS) is 10.1. The molecule has 0 aliphatic rings. The average molecular weight is 307 g/mol. The molecule has 114 valence electrons. The van der Waals surface area contributed by atoms with Crippen LogP contribution in [-0.4, -0.2) is 35.0 Å². The fourth-order valence-corrected chi connectivity index (χ4v) is 2.51. The Morgan fingerprint density at radius 3 is 2.57 bits per heavy atom. The second-order valence-electron chi connectivity index (χ2n) is 4.62. The van der Waals surface area contributed by atoms with Crippen LogP contribution in [0.25, 0.3) is 5.57 Å². The molecule has 4 nitrogen and oxygen atoms in total. The van der Waals surface area contributed by atoms with Gasteiger partial charge in [0, 0.05) is 30.9 Å². The van der Waals surface area contributed by atoms with Gasteiger partial charge in [-0.25, -0.2) is 0 Å². The van der Waals surface area contributed by atoms with Crippen molar-refractivity contribution in [1.29, 1.82) is 0 Å². The Labute approximate surface area is 129 Å². The Hall–Kier alpha value is -1.75. The molecule has 0 bridgehead atoms. The predicted octanol–water partition coefficient (Wildman–Crippen LogP) is 2.80. The van der Waals surface area contributed by atoms with Crippen molar-refractivity contribution in [1.82, 2.24) is 5.32 Å². The van der Waals surface area contributed by atoms with Gasteiger partial charge in [0.25, 0.3) is 0 Å². The van der Waals surface area contributed by atoms with E-state index in [0.717, 1.165) is 22.6 Å². The molecule has 1 amide bonds. The number of carboxylic acids is 1. The van der Waals surface area contributed by atoms with E-state index in [1.807, 2.05) is 30.3 Å². The molecule has 1 aromatic carbocycles. The fourth-order valence-electron chi connectivity index (χ4n) is 1.70. The highest BCUT2D eigenvalue weighted by atomic mass is 32.2. The van der Waals surface area contributed by atoms with Gasteiger partial charge in [-0.1, -0.05) is 36.9 Å². The van der Waals surface area contributed by atoms with Crippen LogP contribution in [0.1, 0.15) is 24.8 Å². The lowest BCUT2D eigenvalue weighted by Crippen LogP contribution is -2.25. The molecule has 0 saturated carbocycles. The number of aliphatic carboxylic acids is 1. The van der Waals surface area contributed by atoms with Crippen molar-refractivity contribution in [2.45, 2.75) is 19.3 Å². The Balaban J connectivity index is 2.05. The van der Waals surface area contributed by atoms with Gasteiger partial charge in [-0.2, -0.15) is 11.8 Å². The summed E-state index contributed by atoms with van der Waals surface area (Å²) in [7, 11) is 0. The Morgan fingerprint density at radius 1 is 1.19 bits per heavy atom. The zero-order valence-electron chi connectivity index (χ0n) is 12.0. The van der Waals surface area contributed by atoms with Crippen molar-refractivity contribution in [3.63, 3.8) is 0 Å². The van der Waals surface area contributed by atoms with Gasteiger partial charge in [0.2, 0.25) is 5.91 Å². The largest absolute Gasteiger partial charge is 0.481 e.